The minimum atomic E-state index is -0.638. The topological polar surface area (TPSA) is 75.6 Å². The molecule has 6 heteroatoms. The van der Waals surface area contributed by atoms with Gasteiger partial charge in [-0.2, -0.15) is 0 Å². The molecular formula is C21H21N3O3. The van der Waals surface area contributed by atoms with E-state index in [9.17, 15) is 9.90 Å². The number of aliphatic hydroxyl groups is 1. The Labute approximate surface area is 157 Å². The lowest BCUT2D eigenvalue weighted by atomic mass is 10.1. The zero-order valence-electron chi connectivity index (χ0n) is 15.1. The molecule has 0 spiro atoms. The average molecular weight is 363 g/mol. The maximum absolute atomic E-state index is 12.9. The maximum atomic E-state index is 12.9. The van der Waals surface area contributed by atoms with Crippen molar-refractivity contribution in [3.63, 3.8) is 0 Å². The van der Waals surface area contributed by atoms with E-state index in [4.69, 9.17) is 4.74 Å². The van der Waals surface area contributed by atoms with Gasteiger partial charge >= 0.3 is 0 Å². The van der Waals surface area contributed by atoms with Crippen LogP contribution in [0.15, 0.2) is 54.7 Å². The fourth-order valence-corrected chi connectivity index (χ4v) is 3.40. The lowest BCUT2D eigenvalue weighted by Crippen LogP contribution is -2.46. The summed E-state index contributed by atoms with van der Waals surface area (Å²) in [6.07, 6.45) is 1.10. The van der Waals surface area contributed by atoms with Crippen molar-refractivity contribution in [1.82, 2.24) is 14.9 Å². The van der Waals surface area contributed by atoms with Crippen LogP contribution >= 0.6 is 0 Å². The highest BCUT2D eigenvalue weighted by Gasteiger charge is 2.34. The quantitative estimate of drug-likeness (QED) is 0.771. The first-order valence-corrected chi connectivity index (χ1v) is 9.06. The van der Waals surface area contributed by atoms with Crippen LogP contribution in [-0.4, -0.2) is 57.8 Å². The molecule has 1 aromatic heterocycles. The fourth-order valence-electron chi connectivity index (χ4n) is 3.40. The summed E-state index contributed by atoms with van der Waals surface area (Å²) in [6, 6.07) is 14.8. The number of carbonyl (C=O) groups is 1. The van der Waals surface area contributed by atoms with Gasteiger partial charge in [0.2, 0.25) is 0 Å². The molecule has 0 unspecified atom stereocenters. The number of ether oxygens (including phenoxy) is 1. The number of para-hydroxylation sites is 2. The van der Waals surface area contributed by atoms with Crippen LogP contribution in [-0.2, 0) is 4.74 Å². The molecule has 0 aliphatic carbocycles. The van der Waals surface area contributed by atoms with Gasteiger partial charge in [0.15, 0.2) is 0 Å². The molecule has 2 atom stereocenters. The summed E-state index contributed by atoms with van der Waals surface area (Å²) in [5.41, 5.74) is 3.93. The second kappa shape index (κ2) is 7.42. The van der Waals surface area contributed by atoms with E-state index in [1.54, 1.807) is 23.2 Å². The molecule has 0 bridgehead atoms. The Morgan fingerprint density at radius 2 is 1.89 bits per heavy atom. The molecule has 0 radical (unpaired) electrons. The first-order valence-electron chi connectivity index (χ1n) is 9.06. The largest absolute Gasteiger partial charge is 0.388 e. The standard InChI is InChI=1S/C21H21N3O3/c1-2-24(19-12-27-13-20(19)25)21(26)15-9-7-14(8-10-15)18-11-22-16-5-3-4-6-17(16)23-18/h3-11,19-20,25H,2,12-13H2,1H3/t19-,20-/m0/s1. The van der Waals surface area contributed by atoms with Gasteiger partial charge in [0.1, 0.15) is 0 Å². The van der Waals surface area contributed by atoms with E-state index >= 15 is 0 Å². The Kier molecular flexibility index (Phi) is 4.83. The molecular weight excluding hydrogens is 342 g/mol. The van der Waals surface area contributed by atoms with Gasteiger partial charge in [0.05, 0.1) is 48.3 Å². The Bertz CT molecular complexity index is 958. The molecule has 6 nitrogen and oxygen atoms in total. The number of amides is 1. The summed E-state index contributed by atoms with van der Waals surface area (Å²) in [7, 11) is 0. The molecule has 3 aromatic rings. The van der Waals surface area contributed by atoms with Crippen molar-refractivity contribution in [3.05, 3.63) is 60.3 Å². The second-order valence-corrected chi connectivity index (χ2v) is 6.58. The predicted octanol–water partition coefficient (Wildman–Crippen LogP) is 2.52. The monoisotopic (exact) mass is 363 g/mol. The number of carbonyl (C=O) groups excluding carboxylic acids is 1. The van der Waals surface area contributed by atoms with Gasteiger partial charge in [-0.25, -0.2) is 4.98 Å². The number of fused-ring (bicyclic) bond motifs is 1. The summed E-state index contributed by atoms with van der Waals surface area (Å²) < 4.78 is 5.29. The van der Waals surface area contributed by atoms with E-state index in [0.717, 1.165) is 22.3 Å². The molecule has 138 valence electrons. The van der Waals surface area contributed by atoms with Gasteiger partial charge in [-0.1, -0.05) is 24.3 Å². The number of likely N-dealkylation sites (N-methyl/N-ethyl adjacent to an activating group) is 1. The van der Waals surface area contributed by atoms with Crippen LogP contribution in [0.3, 0.4) is 0 Å². The third-order valence-electron chi connectivity index (χ3n) is 4.90. The second-order valence-electron chi connectivity index (χ2n) is 6.58. The van der Waals surface area contributed by atoms with Gasteiger partial charge < -0.3 is 14.7 Å². The van der Waals surface area contributed by atoms with E-state index in [1.165, 1.54) is 0 Å². The molecule has 1 fully saturated rings. The molecule has 2 aromatic carbocycles. The lowest BCUT2D eigenvalue weighted by Gasteiger charge is -2.28. The zero-order valence-corrected chi connectivity index (χ0v) is 15.1. The molecule has 1 aliphatic rings. The van der Waals surface area contributed by atoms with Crippen molar-refractivity contribution in [2.75, 3.05) is 19.8 Å². The Balaban J connectivity index is 1.58. The zero-order chi connectivity index (χ0) is 18.8. The maximum Gasteiger partial charge on any atom is 0.254 e. The van der Waals surface area contributed by atoms with Crippen LogP contribution < -0.4 is 0 Å². The number of aromatic nitrogens is 2. The van der Waals surface area contributed by atoms with Crippen LogP contribution in [0.2, 0.25) is 0 Å². The van der Waals surface area contributed by atoms with E-state index in [-0.39, 0.29) is 18.6 Å². The van der Waals surface area contributed by atoms with Crippen molar-refractivity contribution < 1.29 is 14.6 Å². The highest BCUT2D eigenvalue weighted by atomic mass is 16.5. The molecule has 1 amide bonds. The molecule has 4 rings (SSSR count). The molecule has 27 heavy (non-hydrogen) atoms. The van der Waals surface area contributed by atoms with E-state index in [2.05, 4.69) is 9.97 Å². The number of rotatable bonds is 4. The smallest absolute Gasteiger partial charge is 0.254 e. The van der Waals surface area contributed by atoms with Crippen LogP contribution in [0.4, 0.5) is 0 Å². The van der Waals surface area contributed by atoms with E-state index < -0.39 is 6.10 Å². The highest BCUT2D eigenvalue weighted by Crippen LogP contribution is 2.21. The van der Waals surface area contributed by atoms with E-state index in [1.807, 2.05) is 43.3 Å². The van der Waals surface area contributed by atoms with Crippen LogP contribution in [0.5, 0.6) is 0 Å². The van der Waals surface area contributed by atoms with Crippen LogP contribution in [0.25, 0.3) is 22.3 Å². The summed E-state index contributed by atoms with van der Waals surface area (Å²) in [5, 5.41) is 10.0. The summed E-state index contributed by atoms with van der Waals surface area (Å²) in [6.45, 7) is 3.06. The molecule has 2 heterocycles. The summed E-state index contributed by atoms with van der Waals surface area (Å²) in [4.78, 5) is 23.6. The molecule has 1 saturated heterocycles. The van der Waals surface area contributed by atoms with Crippen molar-refractivity contribution in [2.24, 2.45) is 0 Å². The third kappa shape index (κ3) is 3.41. The molecule has 1 N–H and O–H groups in total. The fraction of sp³-hybridized carbons (Fsp3) is 0.286. The normalized spacial score (nSPS) is 19.3. The molecule has 1 aliphatic heterocycles. The SMILES string of the molecule is CCN(C(=O)c1ccc(-c2cnc3ccccc3n2)cc1)[C@H]1COC[C@@H]1O. The molecule has 0 saturated carbocycles. The van der Waals surface area contributed by atoms with Crippen molar-refractivity contribution in [1.29, 1.82) is 0 Å². The summed E-state index contributed by atoms with van der Waals surface area (Å²) in [5.74, 6) is -0.108. The minimum Gasteiger partial charge on any atom is -0.388 e. The lowest BCUT2D eigenvalue weighted by molar-refractivity contribution is 0.0520. The Morgan fingerprint density at radius 3 is 2.56 bits per heavy atom. The van der Waals surface area contributed by atoms with Gasteiger partial charge in [0, 0.05) is 17.7 Å². The number of nitrogens with zero attached hydrogens (tertiary/aromatic N) is 3. The van der Waals surface area contributed by atoms with Gasteiger partial charge in [-0.3, -0.25) is 9.78 Å². The average Bonchev–Trinajstić information content (AvgIpc) is 3.14. The van der Waals surface area contributed by atoms with Crippen LogP contribution in [0, 0.1) is 0 Å². The van der Waals surface area contributed by atoms with Gasteiger partial charge in [-0.15, -0.1) is 0 Å². The summed E-state index contributed by atoms with van der Waals surface area (Å²) >= 11 is 0. The van der Waals surface area contributed by atoms with Gasteiger partial charge in [-0.05, 0) is 31.2 Å². The van der Waals surface area contributed by atoms with Crippen molar-refractivity contribution in [3.8, 4) is 11.3 Å². The van der Waals surface area contributed by atoms with Crippen LogP contribution in [0.1, 0.15) is 17.3 Å². The number of benzene rings is 2. The highest BCUT2D eigenvalue weighted by molar-refractivity contribution is 5.95. The predicted molar refractivity (Wildman–Crippen MR) is 102 cm³/mol. The Morgan fingerprint density at radius 1 is 1.15 bits per heavy atom. The first-order chi connectivity index (χ1) is 13.2. The Hall–Kier alpha value is -2.83. The number of hydrogen-bond acceptors (Lipinski definition) is 5. The number of aliphatic hydroxyl groups excluding tert-OH is 1. The minimum absolute atomic E-state index is 0.108. The first kappa shape index (κ1) is 17.6. The van der Waals surface area contributed by atoms with Gasteiger partial charge in [0.25, 0.3) is 5.91 Å². The third-order valence-corrected chi connectivity index (χ3v) is 4.90. The van der Waals surface area contributed by atoms with E-state index in [0.29, 0.717) is 18.7 Å². The van der Waals surface area contributed by atoms with Crippen molar-refractivity contribution in [2.45, 2.75) is 19.1 Å². The number of hydrogen-bond donors (Lipinski definition) is 1. The van der Waals surface area contributed by atoms with Crippen molar-refractivity contribution >= 4 is 16.9 Å².